The van der Waals surface area contributed by atoms with Gasteiger partial charge in [-0.3, -0.25) is 4.79 Å². The van der Waals surface area contributed by atoms with Crippen molar-refractivity contribution in [1.29, 1.82) is 0 Å². The van der Waals surface area contributed by atoms with Gasteiger partial charge in [-0.1, -0.05) is 6.42 Å². The van der Waals surface area contributed by atoms with Crippen LogP contribution in [0.1, 0.15) is 54.2 Å². The normalized spacial score (nSPS) is 25.1. The molecule has 0 radical (unpaired) electrons. The Labute approximate surface area is 161 Å². The van der Waals surface area contributed by atoms with Gasteiger partial charge in [0.05, 0.1) is 23.0 Å². The largest absolute Gasteiger partial charge is 0.417 e. The summed E-state index contributed by atoms with van der Waals surface area (Å²) in [4.78, 5) is 16.6. The van der Waals surface area contributed by atoms with Crippen LogP contribution in [0, 0.1) is 24.7 Å². The van der Waals surface area contributed by atoms with Crippen LogP contribution in [0.2, 0.25) is 0 Å². The fourth-order valence-electron chi connectivity index (χ4n) is 4.84. The maximum Gasteiger partial charge on any atom is 0.417 e. The van der Waals surface area contributed by atoms with Crippen LogP contribution in [-0.2, 0) is 6.18 Å². The molecule has 4 rings (SSSR count). The minimum Gasteiger partial charge on any atom is -0.349 e. The summed E-state index contributed by atoms with van der Waals surface area (Å²) in [6, 6.07) is 2.30. The van der Waals surface area contributed by atoms with E-state index in [1.807, 2.05) is 0 Å². The molecule has 2 aromatic heterocycles. The first kappa shape index (κ1) is 19.0. The van der Waals surface area contributed by atoms with Crippen molar-refractivity contribution in [1.82, 2.24) is 20.1 Å². The minimum atomic E-state index is -4.44. The topological polar surface area (TPSA) is 59.8 Å². The van der Waals surface area contributed by atoms with E-state index in [2.05, 4.69) is 22.3 Å². The highest BCUT2D eigenvalue weighted by Crippen LogP contribution is 2.49. The van der Waals surface area contributed by atoms with Crippen LogP contribution in [0.15, 0.2) is 24.5 Å². The van der Waals surface area contributed by atoms with Gasteiger partial charge in [-0.25, -0.2) is 9.67 Å². The summed E-state index contributed by atoms with van der Waals surface area (Å²) < 4.78 is 39.5. The molecular formula is C20H23F3N4O. The molecule has 2 saturated carbocycles. The lowest BCUT2D eigenvalue weighted by molar-refractivity contribution is -0.137. The molecular weight excluding hydrogens is 369 g/mol. The lowest BCUT2D eigenvalue weighted by Crippen LogP contribution is -2.40. The Morgan fingerprint density at radius 2 is 2.04 bits per heavy atom. The van der Waals surface area contributed by atoms with E-state index >= 15 is 0 Å². The van der Waals surface area contributed by atoms with Crippen molar-refractivity contribution in [3.63, 3.8) is 0 Å². The van der Waals surface area contributed by atoms with Gasteiger partial charge in [0, 0.05) is 12.2 Å². The number of nitrogens with zero attached hydrogens (tertiary/aromatic N) is 3. The first-order valence-electron chi connectivity index (χ1n) is 9.63. The number of fused-ring (bicyclic) bond motifs is 2. The molecule has 28 heavy (non-hydrogen) atoms. The second-order valence-corrected chi connectivity index (χ2v) is 8.06. The van der Waals surface area contributed by atoms with Gasteiger partial charge in [0.25, 0.3) is 5.91 Å². The molecule has 2 heterocycles. The second-order valence-electron chi connectivity index (χ2n) is 8.06. The zero-order valence-corrected chi connectivity index (χ0v) is 15.8. The van der Waals surface area contributed by atoms with Crippen molar-refractivity contribution >= 4 is 5.91 Å². The number of nitrogens with one attached hydrogen (secondary N) is 1. The number of halogens is 3. The van der Waals surface area contributed by atoms with Gasteiger partial charge in [0.1, 0.15) is 0 Å². The Kier molecular flexibility index (Phi) is 4.67. The summed E-state index contributed by atoms with van der Waals surface area (Å²) in [5, 5.41) is 7.25. The zero-order valence-electron chi connectivity index (χ0n) is 15.8. The Morgan fingerprint density at radius 1 is 1.25 bits per heavy atom. The molecule has 0 spiro atoms. The lowest BCUT2D eigenvalue weighted by atomic mass is 9.84. The number of pyridine rings is 1. The van der Waals surface area contributed by atoms with Crippen LogP contribution < -0.4 is 5.32 Å². The summed E-state index contributed by atoms with van der Waals surface area (Å²) in [5.74, 6) is 2.08. The molecule has 4 atom stereocenters. The van der Waals surface area contributed by atoms with E-state index in [1.165, 1.54) is 42.6 Å². The van der Waals surface area contributed by atoms with Gasteiger partial charge in [-0.05, 0) is 63.0 Å². The van der Waals surface area contributed by atoms with Crippen LogP contribution >= 0.6 is 0 Å². The van der Waals surface area contributed by atoms with Gasteiger partial charge in [0.15, 0.2) is 5.82 Å². The van der Waals surface area contributed by atoms with E-state index in [9.17, 15) is 18.0 Å². The van der Waals surface area contributed by atoms with E-state index in [1.54, 1.807) is 6.92 Å². The van der Waals surface area contributed by atoms with Gasteiger partial charge in [0.2, 0.25) is 0 Å². The average molecular weight is 392 g/mol. The average Bonchev–Trinajstić information content (AvgIpc) is 3.36. The second kappa shape index (κ2) is 6.90. The Morgan fingerprint density at radius 3 is 2.61 bits per heavy atom. The third-order valence-electron chi connectivity index (χ3n) is 6.34. The molecule has 150 valence electrons. The number of carbonyl (C=O) groups excluding carboxylic acids is 1. The van der Waals surface area contributed by atoms with Crippen LogP contribution in [0.25, 0.3) is 5.82 Å². The molecule has 5 nitrogen and oxygen atoms in total. The van der Waals surface area contributed by atoms with Gasteiger partial charge >= 0.3 is 6.18 Å². The molecule has 0 aliphatic heterocycles. The van der Waals surface area contributed by atoms with Crippen molar-refractivity contribution in [2.75, 3.05) is 0 Å². The zero-order chi connectivity index (χ0) is 20.1. The molecule has 4 unspecified atom stereocenters. The van der Waals surface area contributed by atoms with Crippen LogP contribution in [0.4, 0.5) is 13.2 Å². The van der Waals surface area contributed by atoms with E-state index in [4.69, 9.17) is 0 Å². The molecule has 0 aromatic carbocycles. The van der Waals surface area contributed by atoms with Crippen LogP contribution in [-0.4, -0.2) is 26.7 Å². The van der Waals surface area contributed by atoms with Crippen LogP contribution in [0.5, 0.6) is 0 Å². The molecule has 2 aliphatic carbocycles. The number of aromatic nitrogens is 3. The molecule has 2 fully saturated rings. The maximum absolute atomic E-state index is 12.7. The summed E-state index contributed by atoms with van der Waals surface area (Å²) >= 11 is 0. The fourth-order valence-corrected chi connectivity index (χ4v) is 4.84. The van der Waals surface area contributed by atoms with Crippen LogP contribution in [0.3, 0.4) is 0 Å². The van der Waals surface area contributed by atoms with Gasteiger partial charge in [-0.2, -0.15) is 18.3 Å². The Bertz CT molecular complexity index is 875. The number of carbonyl (C=O) groups is 1. The fraction of sp³-hybridized carbons (Fsp3) is 0.550. The van der Waals surface area contributed by atoms with Crippen molar-refractivity contribution in [3.8, 4) is 5.82 Å². The third kappa shape index (κ3) is 3.40. The highest BCUT2D eigenvalue weighted by molar-refractivity contribution is 5.95. The third-order valence-corrected chi connectivity index (χ3v) is 6.34. The Hall–Kier alpha value is -2.38. The van der Waals surface area contributed by atoms with E-state index in [-0.39, 0.29) is 17.8 Å². The Balaban J connectivity index is 1.47. The molecule has 2 aromatic rings. The molecule has 0 saturated heterocycles. The summed E-state index contributed by atoms with van der Waals surface area (Å²) in [6.07, 6.45) is 2.80. The SMILES string of the molecule is Cc1c(C(=O)NC(C)C2CC3CCC2C3)cnn1-c1ccc(C(F)(F)F)cn1. The lowest BCUT2D eigenvalue weighted by Gasteiger charge is -2.28. The maximum atomic E-state index is 12.7. The van der Waals surface area contributed by atoms with Crippen molar-refractivity contribution < 1.29 is 18.0 Å². The van der Waals surface area contributed by atoms with E-state index in [0.29, 0.717) is 23.1 Å². The van der Waals surface area contributed by atoms with Crippen molar-refractivity contribution in [2.45, 2.75) is 51.7 Å². The highest BCUT2D eigenvalue weighted by atomic mass is 19.4. The quantitative estimate of drug-likeness (QED) is 0.850. The van der Waals surface area contributed by atoms with Gasteiger partial charge in [-0.15, -0.1) is 0 Å². The highest BCUT2D eigenvalue weighted by Gasteiger charge is 2.42. The number of amides is 1. The number of rotatable bonds is 4. The number of alkyl halides is 3. The molecule has 2 aliphatic rings. The standard InChI is InChI=1S/C20H23F3N4O/c1-11(16-8-13-3-4-14(16)7-13)26-19(28)17-10-25-27(12(17)2)18-6-5-15(9-24-18)20(21,22)23/h5-6,9-11,13-14,16H,3-4,7-8H2,1-2H3,(H,26,28). The molecule has 1 amide bonds. The first-order valence-corrected chi connectivity index (χ1v) is 9.63. The molecule has 2 bridgehead atoms. The van der Waals surface area contributed by atoms with E-state index < -0.39 is 11.7 Å². The van der Waals surface area contributed by atoms with E-state index in [0.717, 1.165) is 18.2 Å². The van der Waals surface area contributed by atoms with Crippen molar-refractivity contribution in [2.24, 2.45) is 17.8 Å². The monoisotopic (exact) mass is 392 g/mol. The summed E-state index contributed by atoms with van der Waals surface area (Å²) in [5.41, 5.74) is 0.139. The predicted molar refractivity (Wildman–Crippen MR) is 97.0 cm³/mol. The minimum absolute atomic E-state index is 0.0924. The summed E-state index contributed by atoms with van der Waals surface area (Å²) in [7, 11) is 0. The van der Waals surface area contributed by atoms with Crippen molar-refractivity contribution in [3.05, 3.63) is 41.3 Å². The van der Waals surface area contributed by atoms with Gasteiger partial charge < -0.3 is 5.32 Å². The number of hydrogen-bond donors (Lipinski definition) is 1. The molecule has 1 N–H and O–H groups in total. The smallest absolute Gasteiger partial charge is 0.349 e. The number of hydrogen-bond acceptors (Lipinski definition) is 3. The predicted octanol–water partition coefficient (Wildman–Crippen LogP) is 4.15. The summed E-state index contributed by atoms with van der Waals surface area (Å²) in [6.45, 7) is 3.77. The first-order chi connectivity index (χ1) is 13.2. The molecule has 8 heteroatoms.